The molecule has 0 saturated carbocycles. The molecule has 0 radical (unpaired) electrons. The lowest BCUT2D eigenvalue weighted by Crippen LogP contribution is -1.92. The molecule has 2 heterocycles. The number of oxazole rings is 1. The number of nitrogens with zero attached hydrogens (tertiary/aromatic N) is 2. The number of fused-ring (bicyclic) bond motifs is 1. The topological polar surface area (TPSA) is 47.5 Å². The van der Waals surface area contributed by atoms with Gasteiger partial charge in [0.1, 0.15) is 11.6 Å². The van der Waals surface area contributed by atoms with Gasteiger partial charge in [-0.05, 0) is 13.8 Å². The monoisotopic (exact) mass is 178 g/mol. The van der Waals surface area contributed by atoms with Crippen LogP contribution in [-0.2, 0) is 0 Å². The van der Waals surface area contributed by atoms with Crippen LogP contribution in [0.4, 0.5) is 0 Å². The fourth-order valence-electron chi connectivity index (χ4n) is 1.36. The van der Waals surface area contributed by atoms with Crippen LogP contribution in [0.1, 0.15) is 29.0 Å². The van der Waals surface area contributed by atoms with E-state index in [2.05, 4.69) is 4.98 Å². The van der Waals surface area contributed by atoms with E-state index in [0.717, 1.165) is 11.6 Å². The van der Waals surface area contributed by atoms with Crippen molar-refractivity contribution in [2.24, 2.45) is 0 Å². The Bertz CT molecular complexity index is 479. The summed E-state index contributed by atoms with van der Waals surface area (Å²) in [6.45, 7) is 5.17. The standard InChI is InChI=1S/C9H10N2O2/c1-5-4-11-7(3)10-8(6(2)12)9(11)13-5/h4H,1-3H3. The third kappa shape index (κ3) is 1.06. The SMILES string of the molecule is CC(=O)c1nc(C)n2cc(C)oc12. The van der Waals surface area contributed by atoms with Gasteiger partial charge in [-0.3, -0.25) is 9.20 Å². The molecule has 0 aromatic carbocycles. The van der Waals surface area contributed by atoms with E-state index in [1.54, 1.807) is 4.40 Å². The summed E-state index contributed by atoms with van der Waals surface area (Å²) in [5.41, 5.74) is 0.952. The fourth-order valence-corrected chi connectivity index (χ4v) is 1.36. The minimum atomic E-state index is -0.0695. The van der Waals surface area contributed by atoms with Crippen LogP contribution in [0, 0.1) is 13.8 Å². The first-order valence-corrected chi connectivity index (χ1v) is 4.05. The Morgan fingerprint density at radius 1 is 1.54 bits per heavy atom. The van der Waals surface area contributed by atoms with Crippen LogP contribution in [0.3, 0.4) is 0 Å². The molecule has 2 aromatic heterocycles. The number of carbonyl (C=O) groups is 1. The minimum Gasteiger partial charge on any atom is -0.441 e. The molecule has 0 bridgehead atoms. The van der Waals surface area contributed by atoms with Gasteiger partial charge < -0.3 is 4.42 Å². The second-order valence-electron chi connectivity index (χ2n) is 3.08. The molecule has 4 heteroatoms. The third-order valence-corrected chi connectivity index (χ3v) is 1.95. The maximum Gasteiger partial charge on any atom is 0.234 e. The average molecular weight is 178 g/mol. The zero-order valence-electron chi connectivity index (χ0n) is 7.79. The van der Waals surface area contributed by atoms with Crippen molar-refractivity contribution in [2.45, 2.75) is 20.8 Å². The Balaban J connectivity index is 2.83. The molecule has 0 aliphatic carbocycles. The van der Waals surface area contributed by atoms with Crippen molar-refractivity contribution in [3.05, 3.63) is 23.5 Å². The number of rotatable bonds is 1. The van der Waals surface area contributed by atoms with E-state index in [-0.39, 0.29) is 5.78 Å². The Kier molecular flexibility index (Phi) is 1.52. The molecule has 0 atom stereocenters. The first-order chi connectivity index (χ1) is 6.09. The van der Waals surface area contributed by atoms with Crippen molar-refractivity contribution in [2.75, 3.05) is 0 Å². The molecule has 0 fully saturated rings. The van der Waals surface area contributed by atoms with E-state index in [0.29, 0.717) is 11.4 Å². The van der Waals surface area contributed by atoms with Gasteiger partial charge in [0.05, 0.1) is 6.20 Å². The molecule has 0 amide bonds. The van der Waals surface area contributed by atoms with Crippen molar-refractivity contribution in [1.82, 2.24) is 9.38 Å². The number of aromatic nitrogens is 2. The van der Waals surface area contributed by atoms with Crippen LogP contribution in [0.2, 0.25) is 0 Å². The highest BCUT2D eigenvalue weighted by molar-refractivity contribution is 5.97. The Labute approximate surface area is 75.2 Å². The van der Waals surface area contributed by atoms with E-state index in [4.69, 9.17) is 4.42 Å². The fraction of sp³-hybridized carbons (Fsp3) is 0.333. The molecule has 0 unspecified atom stereocenters. The summed E-state index contributed by atoms with van der Waals surface area (Å²) in [6, 6.07) is 0. The maximum atomic E-state index is 11.1. The van der Waals surface area contributed by atoms with Gasteiger partial charge in [0.2, 0.25) is 5.71 Å². The molecular formula is C9H10N2O2. The van der Waals surface area contributed by atoms with Crippen molar-refractivity contribution in [3.8, 4) is 0 Å². The molecule has 2 rings (SSSR count). The van der Waals surface area contributed by atoms with Crippen LogP contribution >= 0.6 is 0 Å². The Morgan fingerprint density at radius 3 is 2.85 bits per heavy atom. The number of aryl methyl sites for hydroxylation is 2. The second-order valence-corrected chi connectivity index (χ2v) is 3.08. The number of ketones is 1. The van der Waals surface area contributed by atoms with Crippen molar-refractivity contribution in [1.29, 1.82) is 0 Å². The van der Waals surface area contributed by atoms with Crippen LogP contribution in [0.15, 0.2) is 10.6 Å². The molecule has 68 valence electrons. The van der Waals surface area contributed by atoms with Crippen molar-refractivity contribution < 1.29 is 9.21 Å². The van der Waals surface area contributed by atoms with E-state index >= 15 is 0 Å². The van der Waals surface area contributed by atoms with Gasteiger partial charge >= 0.3 is 0 Å². The zero-order valence-corrected chi connectivity index (χ0v) is 7.79. The molecule has 2 aromatic rings. The molecule has 0 N–H and O–H groups in total. The van der Waals surface area contributed by atoms with Gasteiger partial charge in [-0.2, -0.15) is 0 Å². The van der Waals surface area contributed by atoms with E-state index in [1.807, 2.05) is 20.0 Å². The number of hydrogen-bond donors (Lipinski definition) is 0. The number of carbonyl (C=O) groups excluding carboxylic acids is 1. The first kappa shape index (κ1) is 8.04. The van der Waals surface area contributed by atoms with Gasteiger partial charge in [-0.1, -0.05) is 0 Å². The summed E-state index contributed by atoms with van der Waals surface area (Å²) in [4.78, 5) is 15.3. The molecule has 4 nitrogen and oxygen atoms in total. The van der Waals surface area contributed by atoms with Gasteiger partial charge in [0.15, 0.2) is 11.5 Å². The molecular weight excluding hydrogens is 168 g/mol. The second kappa shape index (κ2) is 2.45. The average Bonchev–Trinajstić information content (AvgIpc) is 2.51. The summed E-state index contributed by atoms with van der Waals surface area (Å²) in [5, 5.41) is 0. The summed E-state index contributed by atoms with van der Waals surface area (Å²) in [6.07, 6.45) is 1.82. The number of imidazole rings is 1. The van der Waals surface area contributed by atoms with Gasteiger partial charge in [0.25, 0.3) is 0 Å². The van der Waals surface area contributed by atoms with E-state index in [1.165, 1.54) is 6.92 Å². The van der Waals surface area contributed by atoms with Crippen LogP contribution < -0.4 is 0 Å². The lowest BCUT2D eigenvalue weighted by atomic mass is 10.3. The molecule has 0 saturated heterocycles. The maximum absolute atomic E-state index is 11.1. The predicted octanol–water partition coefficient (Wildman–Crippen LogP) is 1.75. The lowest BCUT2D eigenvalue weighted by Gasteiger charge is -1.84. The van der Waals surface area contributed by atoms with E-state index < -0.39 is 0 Å². The quantitative estimate of drug-likeness (QED) is 0.625. The summed E-state index contributed by atoms with van der Waals surface area (Å²) >= 11 is 0. The van der Waals surface area contributed by atoms with Crippen molar-refractivity contribution >= 4 is 11.5 Å². The normalized spacial score (nSPS) is 11.0. The van der Waals surface area contributed by atoms with E-state index in [9.17, 15) is 4.79 Å². The summed E-state index contributed by atoms with van der Waals surface area (Å²) in [5.74, 6) is 1.49. The summed E-state index contributed by atoms with van der Waals surface area (Å²) < 4.78 is 7.14. The van der Waals surface area contributed by atoms with Gasteiger partial charge in [-0.25, -0.2) is 4.98 Å². The van der Waals surface area contributed by atoms with Crippen molar-refractivity contribution in [3.63, 3.8) is 0 Å². The smallest absolute Gasteiger partial charge is 0.234 e. The molecule has 13 heavy (non-hydrogen) atoms. The van der Waals surface area contributed by atoms with Crippen LogP contribution in [-0.4, -0.2) is 15.2 Å². The number of hydrogen-bond acceptors (Lipinski definition) is 3. The minimum absolute atomic E-state index is 0.0695. The Morgan fingerprint density at radius 2 is 2.23 bits per heavy atom. The largest absolute Gasteiger partial charge is 0.441 e. The highest BCUT2D eigenvalue weighted by Crippen LogP contribution is 2.16. The highest BCUT2D eigenvalue weighted by Gasteiger charge is 2.15. The molecule has 0 aliphatic heterocycles. The lowest BCUT2D eigenvalue weighted by molar-refractivity contribution is 0.101. The van der Waals surface area contributed by atoms with Crippen LogP contribution in [0.25, 0.3) is 5.71 Å². The first-order valence-electron chi connectivity index (χ1n) is 4.05. The predicted molar refractivity (Wildman–Crippen MR) is 46.9 cm³/mol. The zero-order chi connectivity index (χ0) is 9.59. The summed E-state index contributed by atoms with van der Waals surface area (Å²) in [7, 11) is 0. The molecule has 0 spiro atoms. The van der Waals surface area contributed by atoms with Crippen LogP contribution in [0.5, 0.6) is 0 Å². The Hall–Kier alpha value is -1.58. The molecule has 0 aliphatic rings. The third-order valence-electron chi connectivity index (χ3n) is 1.95. The van der Waals surface area contributed by atoms with Gasteiger partial charge in [-0.15, -0.1) is 0 Å². The number of Topliss-reactive ketones (excluding diaryl/α,β-unsaturated/α-hetero) is 1. The van der Waals surface area contributed by atoms with Gasteiger partial charge in [0, 0.05) is 6.92 Å². The highest BCUT2D eigenvalue weighted by atomic mass is 16.3.